The van der Waals surface area contributed by atoms with Crippen molar-refractivity contribution < 1.29 is 34.2 Å². The van der Waals surface area contributed by atoms with E-state index in [1.807, 2.05) is 13.8 Å². The van der Waals surface area contributed by atoms with Gasteiger partial charge in [0.15, 0.2) is 0 Å². The summed E-state index contributed by atoms with van der Waals surface area (Å²) in [6.45, 7) is 4.83. The Morgan fingerprint density at radius 1 is 0.933 bits per heavy atom. The van der Waals surface area contributed by atoms with Crippen LogP contribution in [0.1, 0.15) is 33.6 Å². The normalized spacial score (nSPS) is 16.0. The van der Waals surface area contributed by atoms with Crippen molar-refractivity contribution in [2.75, 3.05) is 5.75 Å². The predicted octanol–water partition coefficient (Wildman–Crippen LogP) is -2.92. The Bertz CT molecular complexity index is 644. The molecule has 0 radical (unpaired) electrons. The number of carbonyl (C=O) groups is 5. The Labute approximate surface area is 179 Å². The quantitative estimate of drug-likeness (QED) is 0.136. The zero-order chi connectivity index (χ0) is 23.6. The number of carboxylic acids is 1. The van der Waals surface area contributed by atoms with E-state index in [4.69, 9.17) is 16.6 Å². The molecule has 0 fully saturated rings. The number of primary amides is 1. The lowest BCUT2D eigenvalue weighted by molar-refractivity contribution is -0.144. The summed E-state index contributed by atoms with van der Waals surface area (Å²) in [6, 6.07) is -5.18. The summed E-state index contributed by atoms with van der Waals surface area (Å²) in [6.07, 6.45) is -1.87. The Hall–Kier alpha value is -2.38. The van der Waals surface area contributed by atoms with Gasteiger partial charge in [-0.25, -0.2) is 4.79 Å². The minimum atomic E-state index is -1.63. The molecule has 9 N–H and O–H groups in total. The molecule has 0 aliphatic carbocycles. The van der Waals surface area contributed by atoms with Gasteiger partial charge >= 0.3 is 5.97 Å². The number of rotatable bonds is 13. The van der Waals surface area contributed by atoms with Crippen LogP contribution in [0, 0.1) is 5.92 Å². The van der Waals surface area contributed by atoms with Gasteiger partial charge < -0.3 is 37.6 Å². The monoisotopic (exact) mass is 449 g/mol. The van der Waals surface area contributed by atoms with E-state index in [1.165, 1.54) is 6.92 Å². The summed E-state index contributed by atoms with van der Waals surface area (Å²) in [4.78, 5) is 59.3. The van der Waals surface area contributed by atoms with Crippen molar-refractivity contribution in [1.82, 2.24) is 16.0 Å². The molecule has 0 bridgehead atoms. The van der Waals surface area contributed by atoms with Crippen LogP contribution in [0.4, 0.5) is 0 Å². The van der Waals surface area contributed by atoms with Crippen molar-refractivity contribution in [3.8, 4) is 0 Å². The van der Waals surface area contributed by atoms with E-state index in [1.54, 1.807) is 0 Å². The fraction of sp³-hybridized carbons (Fsp3) is 0.706. The van der Waals surface area contributed by atoms with Crippen LogP contribution in [0.2, 0.25) is 0 Å². The number of carboxylic acid groups (broad SMARTS) is 1. The molecular weight excluding hydrogens is 418 g/mol. The predicted molar refractivity (Wildman–Crippen MR) is 110 cm³/mol. The SMILES string of the molecule is CC(C)CC(NC(=O)C(N)CS)C(=O)NC(C(=O)NC(CC(N)=O)C(=O)O)C(C)O. The second-order valence-electron chi connectivity index (χ2n) is 7.28. The molecular formula is C17H31N5O7S. The third kappa shape index (κ3) is 9.89. The molecule has 13 heteroatoms. The number of carbonyl (C=O) groups excluding carboxylic acids is 4. The summed E-state index contributed by atoms with van der Waals surface area (Å²) in [5, 5.41) is 25.8. The maximum atomic E-state index is 12.7. The maximum absolute atomic E-state index is 12.7. The van der Waals surface area contributed by atoms with Crippen LogP contribution in [-0.2, 0) is 24.0 Å². The zero-order valence-electron chi connectivity index (χ0n) is 17.1. The van der Waals surface area contributed by atoms with Crippen LogP contribution < -0.4 is 27.4 Å². The molecule has 30 heavy (non-hydrogen) atoms. The number of nitrogens with one attached hydrogen (secondary N) is 3. The summed E-state index contributed by atoms with van der Waals surface area (Å²) >= 11 is 3.93. The second-order valence-corrected chi connectivity index (χ2v) is 7.64. The zero-order valence-corrected chi connectivity index (χ0v) is 18.0. The van der Waals surface area contributed by atoms with Crippen molar-refractivity contribution in [1.29, 1.82) is 0 Å². The molecule has 0 aliphatic rings. The van der Waals surface area contributed by atoms with Crippen LogP contribution in [-0.4, -0.2) is 75.8 Å². The van der Waals surface area contributed by atoms with Crippen molar-refractivity contribution in [3.63, 3.8) is 0 Å². The number of aliphatic hydroxyl groups is 1. The highest BCUT2D eigenvalue weighted by atomic mass is 32.1. The number of aliphatic hydroxyl groups excluding tert-OH is 1. The highest BCUT2D eigenvalue weighted by Gasteiger charge is 2.33. The van der Waals surface area contributed by atoms with E-state index in [-0.39, 0.29) is 18.1 Å². The minimum Gasteiger partial charge on any atom is -0.480 e. The molecule has 0 saturated heterocycles. The van der Waals surface area contributed by atoms with Gasteiger partial charge in [0, 0.05) is 5.75 Å². The van der Waals surface area contributed by atoms with Gasteiger partial charge in [-0.1, -0.05) is 13.8 Å². The molecule has 0 aliphatic heterocycles. The third-order valence-electron chi connectivity index (χ3n) is 3.96. The van der Waals surface area contributed by atoms with E-state index in [2.05, 4.69) is 28.6 Å². The van der Waals surface area contributed by atoms with Crippen LogP contribution in [0.15, 0.2) is 0 Å². The third-order valence-corrected chi connectivity index (χ3v) is 4.35. The first-order chi connectivity index (χ1) is 13.8. The summed E-state index contributed by atoms with van der Waals surface area (Å²) in [5.41, 5.74) is 10.6. The number of aliphatic carboxylic acids is 1. The van der Waals surface area contributed by atoms with Gasteiger partial charge in [0.25, 0.3) is 0 Å². The molecule has 172 valence electrons. The molecule has 0 aromatic rings. The standard InChI is InChI=1S/C17H31N5O7S/c1-7(2)4-10(20-14(25)9(18)6-30)15(26)22-13(8(3)23)16(27)21-11(17(28)29)5-12(19)24/h7-11,13,23,30H,4-6,18H2,1-3H3,(H2,19,24)(H,20,25)(H,21,27)(H,22,26)(H,28,29). The van der Waals surface area contributed by atoms with Crippen LogP contribution >= 0.6 is 12.6 Å². The highest BCUT2D eigenvalue weighted by Crippen LogP contribution is 2.07. The number of amides is 4. The molecule has 5 unspecified atom stereocenters. The van der Waals surface area contributed by atoms with E-state index in [0.29, 0.717) is 0 Å². The average Bonchev–Trinajstić information content (AvgIpc) is 2.62. The smallest absolute Gasteiger partial charge is 0.326 e. The van der Waals surface area contributed by atoms with E-state index in [9.17, 15) is 29.1 Å². The lowest BCUT2D eigenvalue weighted by Gasteiger charge is -2.27. The Morgan fingerprint density at radius 2 is 1.47 bits per heavy atom. The number of hydrogen-bond donors (Lipinski definition) is 8. The fourth-order valence-corrected chi connectivity index (χ4v) is 2.55. The molecule has 0 aromatic heterocycles. The van der Waals surface area contributed by atoms with Crippen LogP contribution in [0.25, 0.3) is 0 Å². The number of thiol groups is 1. The fourth-order valence-electron chi connectivity index (χ4n) is 2.39. The molecule has 4 amide bonds. The molecule has 12 nitrogen and oxygen atoms in total. The summed E-state index contributed by atoms with van der Waals surface area (Å²) in [5.74, 6) is -4.85. The second kappa shape index (κ2) is 13.0. The van der Waals surface area contributed by atoms with Gasteiger partial charge in [-0.2, -0.15) is 12.6 Å². The van der Waals surface area contributed by atoms with E-state index >= 15 is 0 Å². The van der Waals surface area contributed by atoms with Crippen molar-refractivity contribution in [2.45, 2.75) is 63.9 Å². The first-order valence-electron chi connectivity index (χ1n) is 9.26. The number of nitrogens with two attached hydrogens (primary N) is 2. The van der Waals surface area contributed by atoms with Crippen molar-refractivity contribution in [2.24, 2.45) is 17.4 Å². The van der Waals surface area contributed by atoms with Gasteiger partial charge in [-0.3, -0.25) is 19.2 Å². The van der Waals surface area contributed by atoms with Gasteiger partial charge in [-0.15, -0.1) is 0 Å². The van der Waals surface area contributed by atoms with E-state index in [0.717, 1.165) is 0 Å². The molecule has 0 spiro atoms. The topological polar surface area (TPSA) is 214 Å². The molecule has 0 heterocycles. The first-order valence-corrected chi connectivity index (χ1v) is 9.90. The Kier molecular flexibility index (Phi) is 12.0. The molecule has 5 atom stereocenters. The first kappa shape index (κ1) is 27.6. The van der Waals surface area contributed by atoms with Crippen molar-refractivity contribution >= 4 is 42.2 Å². The van der Waals surface area contributed by atoms with Gasteiger partial charge in [0.1, 0.15) is 18.1 Å². The van der Waals surface area contributed by atoms with Crippen molar-refractivity contribution in [3.05, 3.63) is 0 Å². The minimum absolute atomic E-state index is 0.0148. The Balaban J connectivity index is 5.40. The molecule has 0 rings (SSSR count). The Morgan fingerprint density at radius 3 is 1.87 bits per heavy atom. The average molecular weight is 450 g/mol. The number of hydrogen-bond acceptors (Lipinski definition) is 8. The summed E-state index contributed by atoms with van der Waals surface area (Å²) in [7, 11) is 0. The maximum Gasteiger partial charge on any atom is 0.326 e. The van der Waals surface area contributed by atoms with Gasteiger partial charge in [-0.05, 0) is 19.3 Å². The van der Waals surface area contributed by atoms with E-state index < -0.39 is 66.3 Å². The lowest BCUT2D eigenvalue weighted by Crippen LogP contribution is -2.60. The van der Waals surface area contributed by atoms with Crippen LogP contribution in [0.3, 0.4) is 0 Å². The van der Waals surface area contributed by atoms with Gasteiger partial charge in [0.05, 0.1) is 18.6 Å². The van der Waals surface area contributed by atoms with Crippen LogP contribution in [0.5, 0.6) is 0 Å². The lowest BCUT2D eigenvalue weighted by atomic mass is 10.0. The summed E-state index contributed by atoms with van der Waals surface area (Å²) < 4.78 is 0. The highest BCUT2D eigenvalue weighted by molar-refractivity contribution is 7.80. The molecule has 0 aromatic carbocycles. The van der Waals surface area contributed by atoms with Gasteiger partial charge in [0.2, 0.25) is 23.6 Å². The molecule has 0 saturated carbocycles. The largest absolute Gasteiger partial charge is 0.480 e.